The predicted molar refractivity (Wildman–Crippen MR) is 157 cm³/mol. The van der Waals surface area contributed by atoms with Crippen LogP contribution < -0.4 is 10.2 Å². The van der Waals surface area contributed by atoms with Crippen LogP contribution in [0.4, 0.5) is 11.5 Å². The van der Waals surface area contributed by atoms with Crippen molar-refractivity contribution in [3.05, 3.63) is 66.2 Å². The number of hydrogen-bond acceptors (Lipinski definition) is 7. The number of carbonyl (C=O) groups excluding carboxylic acids is 1. The second-order valence-corrected chi connectivity index (χ2v) is 11.0. The fraction of sp³-hybridized carbons (Fsp3) is 0.419. The zero-order valence-electron chi connectivity index (χ0n) is 22.9. The van der Waals surface area contributed by atoms with Crippen molar-refractivity contribution in [1.29, 1.82) is 0 Å². The molecule has 208 valence electrons. The van der Waals surface area contributed by atoms with Gasteiger partial charge in [0.25, 0.3) is 5.91 Å². The Morgan fingerprint density at radius 3 is 2.50 bits per heavy atom. The molecule has 0 aliphatic carbocycles. The Balaban J connectivity index is 1.16. The van der Waals surface area contributed by atoms with Crippen molar-refractivity contribution in [1.82, 2.24) is 25.1 Å². The van der Waals surface area contributed by atoms with E-state index < -0.39 is 0 Å². The third kappa shape index (κ3) is 6.16. The van der Waals surface area contributed by atoms with Crippen LogP contribution in [0.3, 0.4) is 0 Å². The van der Waals surface area contributed by atoms with Crippen LogP contribution in [0.15, 0.2) is 55.0 Å². The molecule has 9 heteroatoms. The molecule has 2 aliphatic heterocycles. The molecule has 0 spiro atoms. The number of hydrogen-bond donors (Lipinski definition) is 3. The van der Waals surface area contributed by atoms with E-state index in [1.165, 1.54) is 32.1 Å². The van der Waals surface area contributed by atoms with E-state index in [0.29, 0.717) is 11.4 Å². The molecule has 4 aromatic rings. The number of aromatic amines is 1. The number of aromatic nitrogens is 4. The number of piperidine rings is 1. The van der Waals surface area contributed by atoms with Gasteiger partial charge in [-0.1, -0.05) is 25.3 Å². The standard InChI is InChI=1S/C31H37N7O2/c39-26-10-14-37(15-11-26)21-22-16-24(19-32-18-22)23-6-8-28-27(17-23)30(36-35-28)31(40)34-25-7-9-29(33-20-25)38-12-4-2-1-3-5-13-38/h6-9,16-20,26,39H,1-5,10-15,21H2,(H,34,40)(H,35,36). The smallest absolute Gasteiger partial charge is 0.276 e. The van der Waals surface area contributed by atoms with Gasteiger partial charge in [-0.15, -0.1) is 0 Å². The number of aliphatic hydroxyl groups is 1. The number of pyridine rings is 2. The SMILES string of the molecule is O=C(Nc1ccc(N2CCCCCCC2)nc1)c1n[nH]c2ccc(-c3cncc(CN4CCC(O)CC4)c3)cc12. The molecule has 5 heterocycles. The lowest BCUT2D eigenvalue weighted by molar-refractivity contribution is 0.0792. The van der Waals surface area contributed by atoms with Gasteiger partial charge in [-0.05, 0) is 67.1 Å². The summed E-state index contributed by atoms with van der Waals surface area (Å²) in [6.07, 6.45) is 13.2. The van der Waals surface area contributed by atoms with Gasteiger partial charge in [0.1, 0.15) is 5.82 Å². The van der Waals surface area contributed by atoms with Crippen LogP contribution in [-0.2, 0) is 6.54 Å². The van der Waals surface area contributed by atoms with Gasteiger partial charge >= 0.3 is 0 Å². The van der Waals surface area contributed by atoms with Crippen molar-refractivity contribution in [2.24, 2.45) is 0 Å². The highest BCUT2D eigenvalue weighted by Crippen LogP contribution is 2.27. The number of carbonyl (C=O) groups is 1. The average Bonchev–Trinajstić information content (AvgIpc) is 3.39. The van der Waals surface area contributed by atoms with E-state index in [-0.39, 0.29) is 12.0 Å². The first-order valence-corrected chi connectivity index (χ1v) is 14.5. The van der Waals surface area contributed by atoms with Gasteiger partial charge in [-0.25, -0.2) is 4.98 Å². The number of benzene rings is 1. The molecule has 2 saturated heterocycles. The molecule has 2 aliphatic rings. The van der Waals surface area contributed by atoms with Gasteiger partial charge in [0, 0.05) is 56.1 Å². The number of amides is 1. The van der Waals surface area contributed by atoms with E-state index in [0.717, 1.165) is 79.0 Å². The minimum absolute atomic E-state index is 0.182. The molecule has 0 saturated carbocycles. The molecule has 0 unspecified atom stereocenters. The highest BCUT2D eigenvalue weighted by Gasteiger charge is 2.19. The summed E-state index contributed by atoms with van der Waals surface area (Å²) in [5.74, 6) is 0.687. The summed E-state index contributed by atoms with van der Waals surface area (Å²) < 4.78 is 0. The minimum Gasteiger partial charge on any atom is -0.393 e. The molecular weight excluding hydrogens is 502 g/mol. The van der Waals surface area contributed by atoms with Crippen molar-refractivity contribution in [2.75, 3.05) is 36.4 Å². The maximum absolute atomic E-state index is 13.2. The number of rotatable bonds is 6. The minimum atomic E-state index is -0.275. The van der Waals surface area contributed by atoms with Gasteiger partial charge in [0.2, 0.25) is 0 Å². The Morgan fingerprint density at radius 2 is 1.73 bits per heavy atom. The second kappa shape index (κ2) is 12.1. The van der Waals surface area contributed by atoms with Crippen molar-refractivity contribution in [3.63, 3.8) is 0 Å². The lowest BCUT2D eigenvalue weighted by atomic mass is 10.0. The number of anilines is 2. The molecule has 9 nitrogen and oxygen atoms in total. The Bertz CT molecular complexity index is 1440. The molecule has 1 amide bonds. The van der Waals surface area contributed by atoms with Gasteiger partial charge in [0.05, 0.1) is 23.5 Å². The van der Waals surface area contributed by atoms with Gasteiger partial charge in [-0.2, -0.15) is 5.10 Å². The van der Waals surface area contributed by atoms with Crippen LogP contribution in [0.2, 0.25) is 0 Å². The number of aliphatic hydroxyl groups excluding tert-OH is 1. The molecule has 2 fully saturated rings. The largest absolute Gasteiger partial charge is 0.393 e. The Morgan fingerprint density at radius 1 is 0.925 bits per heavy atom. The first-order chi connectivity index (χ1) is 19.6. The maximum Gasteiger partial charge on any atom is 0.276 e. The van der Waals surface area contributed by atoms with Crippen molar-refractivity contribution < 1.29 is 9.90 Å². The molecule has 40 heavy (non-hydrogen) atoms. The van der Waals surface area contributed by atoms with Crippen molar-refractivity contribution in [2.45, 2.75) is 57.6 Å². The van der Waals surface area contributed by atoms with Crippen LogP contribution >= 0.6 is 0 Å². The van der Waals surface area contributed by atoms with Crippen LogP contribution in [0.1, 0.15) is 61.0 Å². The molecule has 6 rings (SSSR count). The molecular formula is C31H37N7O2. The number of nitrogens with zero attached hydrogens (tertiary/aromatic N) is 5. The average molecular weight is 540 g/mol. The predicted octanol–water partition coefficient (Wildman–Crippen LogP) is 5.00. The number of likely N-dealkylation sites (tertiary alicyclic amines) is 1. The van der Waals surface area contributed by atoms with Gasteiger partial charge in [0.15, 0.2) is 5.69 Å². The zero-order valence-corrected chi connectivity index (χ0v) is 22.9. The molecule has 0 bridgehead atoms. The summed E-state index contributed by atoms with van der Waals surface area (Å²) in [7, 11) is 0. The van der Waals surface area contributed by atoms with Crippen LogP contribution in [0.5, 0.6) is 0 Å². The number of nitrogens with one attached hydrogen (secondary N) is 2. The fourth-order valence-electron chi connectivity index (χ4n) is 5.75. The van der Waals surface area contributed by atoms with Crippen LogP contribution in [0.25, 0.3) is 22.0 Å². The summed E-state index contributed by atoms with van der Waals surface area (Å²) >= 11 is 0. The topological polar surface area (TPSA) is 110 Å². The van der Waals surface area contributed by atoms with E-state index in [4.69, 9.17) is 0 Å². The summed E-state index contributed by atoms with van der Waals surface area (Å²) in [6, 6.07) is 12.0. The Hall–Kier alpha value is -3.82. The summed E-state index contributed by atoms with van der Waals surface area (Å²) in [5, 5.41) is 20.8. The van der Waals surface area contributed by atoms with E-state index in [1.54, 1.807) is 6.20 Å². The highest BCUT2D eigenvalue weighted by molar-refractivity contribution is 6.11. The Kier molecular flexibility index (Phi) is 8.02. The van der Waals surface area contributed by atoms with E-state index >= 15 is 0 Å². The third-order valence-electron chi connectivity index (χ3n) is 8.06. The fourth-order valence-corrected chi connectivity index (χ4v) is 5.75. The quantitative estimate of drug-likeness (QED) is 0.316. The number of H-pyrrole nitrogens is 1. The zero-order chi connectivity index (χ0) is 27.3. The van der Waals surface area contributed by atoms with Crippen molar-refractivity contribution >= 4 is 28.3 Å². The normalized spacial score (nSPS) is 17.5. The summed E-state index contributed by atoms with van der Waals surface area (Å²) in [4.78, 5) is 27.1. The lowest BCUT2D eigenvalue weighted by Gasteiger charge is -2.29. The van der Waals surface area contributed by atoms with Gasteiger partial charge < -0.3 is 15.3 Å². The molecule has 3 N–H and O–H groups in total. The summed E-state index contributed by atoms with van der Waals surface area (Å²) in [6.45, 7) is 4.64. The van der Waals surface area contributed by atoms with E-state index in [9.17, 15) is 9.90 Å². The summed E-state index contributed by atoms with van der Waals surface area (Å²) in [5.41, 5.74) is 4.90. The maximum atomic E-state index is 13.2. The van der Waals surface area contributed by atoms with Crippen LogP contribution in [-0.4, -0.2) is 68.4 Å². The van der Waals surface area contributed by atoms with E-state index in [2.05, 4.69) is 41.3 Å². The van der Waals surface area contributed by atoms with Crippen LogP contribution in [0, 0.1) is 0 Å². The van der Waals surface area contributed by atoms with Crippen molar-refractivity contribution in [3.8, 4) is 11.1 Å². The highest BCUT2D eigenvalue weighted by atomic mass is 16.3. The molecule has 0 atom stereocenters. The third-order valence-corrected chi connectivity index (χ3v) is 8.06. The first kappa shape index (κ1) is 26.4. The molecule has 0 radical (unpaired) electrons. The lowest BCUT2D eigenvalue weighted by Crippen LogP contribution is -2.35. The second-order valence-electron chi connectivity index (χ2n) is 11.0. The monoisotopic (exact) mass is 539 g/mol. The van der Waals surface area contributed by atoms with Gasteiger partial charge in [-0.3, -0.25) is 19.8 Å². The Labute approximate surface area is 234 Å². The molecule has 1 aromatic carbocycles. The van der Waals surface area contributed by atoms with E-state index in [1.807, 2.05) is 42.7 Å². The first-order valence-electron chi connectivity index (χ1n) is 14.5. The number of fused-ring (bicyclic) bond motifs is 1. The molecule has 3 aromatic heterocycles.